The maximum Gasteiger partial charge on any atom is 0.228 e. The number of rotatable bonds is 9. The van der Waals surface area contributed by atoms with Gasteiger partial charge in [0.2, 0.25) is 11.3 Å². The van der Waals surface area contributed by atoms with E-state index in [0.29, 0.717) is 12.4 Å². The van der Waals surface area contributed by atoms with Crippen LogP contribution in [0.15, 0.2) is 120 Å². The molecular formula is C35H29N3O3S. The normalized spacial score (nSPS) is 11.0. The average molecular weight is 572 g/mol. The molecule has 6 rings (SSSR count). The molecule has 0 aliphatic carbocycles. The summed E-state index contributed by atoms with van der Waals surface area (Å²) in [5, 5.41) is 4.06. The second-order valence-corrected chi connectivity index (χ2v) is 11.2. The molecule has 0 radical (unpaired) electrons. The van der Waals surface area contributed by atoms with Crippen LogP contribution in [0, 0.1) is 6.92 Å². The van der Waals surface area contributed by atoms with Crippen LogP contribution in [0.2, 0.25) is 0 Å². The predicted octanol–water partition coefficient (Wildman–Crippen LogP) is 7.11. The third-order valence-corrected chi connectivity index (χ3v) is 8.06. The molecule has 208 valence electrons. The first kappa shape index (κ1) is 27.2. The molecule has 0 atom stereocenters. The molecule has 7 heteroatoms. The number of anilines is 1. The summed E-state index contributed by atoms with van der Waals surface area (Å²) in [7, 11) is 0. The number of nitrogens with zero attached hydrogens (tertiary/aromatic N) is 2. The Morgan fingerprint density at radius 2 is 1.55 bits per heavy atom. The van der Waals surface area contributed by atoms with Crippen LogP contribution in [0.4, 0.5) is 5.69 Å². The van der Waals surface area contributed by atoms with Gasteiger partial charge >= 0.3 is 0 Å². The van der Waals surface area contributed by atoms with Crippen molar-refractivity contribution in [3.63, 3.8) is 0 Å². The quantitative estimate of drug-likeness (QED) is 0.201. The summed E-state index contributed by atoms with van der Waals surface area (Å²) in [5.74, 6) is 0.244. The topological polar surface area (TPSA) is 73.2 Å². The van der Waals surface area contributed by atoms with Gasteiger partial charge in [-0.25, -0.2) is 4.98 Å². The molecule has 6 aromatic rings. The van der Waals surface area contributed by atoms with E-state index in [1.807, 2.05) is 109 Å². The van der Waals surface area contributed by atoms with Crippen LogP contribution in [-0.4, -0.2) is 15.5 Å². The Balaban J connectivity index is 1.07. The van der Waals surface area contributed by atoms with Crippen LogP contribution in [0.1, 0.15) is 27.4 Å². The van der Waals surface area contributed by atoms with Gasteiger partial charge in [-0.15, -0.1) is 11.3 Å². The van der Waals surface area contributed by atoms with Gasteiger partial charge in [-0.05, 0) is 60.0 Å². The van der Waals surface area contributed by atoms with E-state index in [0.717, 1.165) is 50.7 Å². The lowest BCUT2D eigenvalue weighted by atomic mass is 10.1. The van der Waals surface area contributed by atoms with Crippen LogP contribution in [-0.2, 0) is 24.2 Å². The number of amides is 1. The Hall–Kier alpha value is -5.01. The largest absolute Gasteiger partial charge is 0.483 e. The standard InChI is InChI=1S/C35H29N3O3S/c1-24-35(41-23-27-7-3-2-4-8-27)31(39)19-20-38(24)29-17-13-25(14-18-29)21-33(40)36-28-15-11-26(12-16-28)22-34-37-30-9-5-6-10-32(30)42-34/h2-20H,21-23H2,1H3,(H,36,40). The Kier molecular flexibility index (Phi) is 7.92. The van der Waals surface area contributed by atoms with Gasteiger partial charge in [0.1, 0.15) is 6.61 Å². The molecular weight excluding hydrogens is 542 g/mol. The highest BCUT2D eigenvalue weighted by atomic mass is 32.1. The van der Waals surface area contributed by atoms with Crippen molar-refractivity contribution in [1.82, 2.24) is 9.55 Å². The molecule has 1 amide bonds. The second-order valence-electron chi connectivity index (χ2n) is 10.1. The number of ether oxygens (including phenoxy) is 1. The molecule has 1 N–H and O–H groups in total. The molecule has 0 aliphatic rings. The second kappa shape index (κ2) is 12.2. The molecule has 4 aromatic carbocycles. The van der Waals surface area contributed by atoms with Gasteiger partial charge in [-0.3, -0.25) is 9.59 Å². The van der Waals surface area contributed by atoms with Crippen molar-refractivity contribution in [2.24, 2.45) is 0 Å². The number of aromatic nitrogens is 2. The molecule has 0 fully saturated rings. The molecule has 42 heavy (non-hydrogen) atoms. The van der Waals surface area contributed by atoms with Crippen molar-refractivity contribution in [3.05, 3.63) is 153 Å². The predicted molar refractivity (Wildman–Crippen MR) is 169 cm³/mol. The van der Waals surface area contributed by atoms with Crippen molar-refractivity contribution >= 4 is 33.1 Å². The molecule has 0 spiro atoms. The number of nitrogens with one attached hydrogen (secondary N) is 1. The highest BCUT2D eigenvalue weighted by Gasteiger charge is 2.12. The maximum absolute atomic E-state index is 12.8. The smallest absolute Gasteiger partial charge is 0.228 e. The maximum atomic E-state index is 12.8. The van der Waals surface area contributed by atoms with Crippen LogP contribution in [0.25, 0.3) is 15.9 Å². The summed E-state index contributed by atoms with van der Waals surface area (Å²) in [6, 6.07) is 35.1. The third-order valence-electron chi connectivity index (χ3n) is 7.03. The third kappa shape index (κ3) is 6.32. The fourth-order valence-electron chi connectivity index (χ4n) is 4.84. The molecule has 0 aliphatic heterocycles. The molecule has 2 aromatic heterocycles. The van der Waals surface area contributed by atoms with E-state index in [1.165, 1.54) is 10.8 Å². The summed E-state index contributed by atoms with van der Waals surface area (Å²) in [5.41, 5.74) is 6.27. The van der Waals surface area contributed by atoms with E-state index in [2.05, 4.69) is 11.4 Å². The Bertz CT molecular complexity index is 1860. The number of hydrogen-bond donors (Lipinski definition) is 1. The minimum absolute atomic E-state index is 0.0854. The van der Waals surface area contributed by atoms with E-state index < -0.39 is 0 Å². The average Bonchev–Trinajstić information content (AvgIpc) is 3.42. The van der Waals surface area contributed by atoms with E-state index in [9.17, 15) is 9.59 Å². The molecule has 0 unspecified atom stereocenters. The summed E-state index contributed by atoms with van der Waals surface area (Å²) in [6.45, 7) is 2.19. The summed E-state index contributed by atoms with van der Waals surface area (Å²) >= 11 is 1.71. The van der Waals surface area contributed by atoms with Crippen molar-refractivity contribution in [2.45, 2.75) is 26.4 Å². The van der Waals surface area contributed by atoms with Gasteiger partial charge in [0, 0.05) is 30.1 Å². The number of benzene rings is 4. The van der Waals surface area contributed by atoms with E-state index in [4.69, 9.17) is 9.72 Å². The summed E-state index contributed by atoms with van der Waals surface area (Å²) in [6.07, 6.45) is 2.76. The van der Waals surface area contributed by atoms with Gasteiger partial charge in [-0.1, -0.05) is 66.7 Å². The zero-order valence-corrected chi connectivity index (χ0v) is 23.9. The van der Waals surface area contributed by atoms with Gasteiger partial charge < -0.3 is 14.6 Å². The molecule has 6 nitrogen and oxygen atoms in total. The number of thiazole rings is 1. The van der Waals surface area contributed by atoms with Crippen LogP contribution >= 0.6 is 11.3 Å². The zero-order chi connectivity index (χ0) is 28.9. The van der Waals surface area contributed by atoms with Crippen molar-refractivity contribution < 1.29 is 9.53 Å². The van der Waals surface area contributed by atoms with Crippen LogP contribution in [0.5, 0.6) is 5.75 Å². The van der Waals surface area contributed by atoms with Crippen molar-refractivity contribution in [3.8, 4) is 11.4 Å². The van der Waals surface area contributed by atoms with Crippen molar-refractivity contribution in [2.75, 3.05) is 5.32 Å². The first-order valence-electron chi connectivity index (χ1n) is 13.7. The van der Waals surface area contributed by atoms with E-state index >= 15 is 0 Å². The van der Waals surface area contributed by atoms with Gasteiger partial charge in [0.05, 0.1) is 27.3 Å². The first-order chi connectivity index (χ1) is 20.5. The Morgan fingerprint density at radius 3 is 2.31 bits per heavy atom. The fraction of sp³-hybridized carbons (Fsp3) is 0.114. The number of para-hydroxylation sites is 1. The number of hydrogen-bond acceptors (Lipinski definition) is 5. The van der Waals surface area contributed by atoms with Crippen LogP contribution < -0.4 is 15.5 Å². The Labute approximate surface area is 247 Å². The minimum atomic E-state index is -0.155. The lowest BCUT2D eigenvalue weighted by Gasteiger charge is -2.15. The number of carbonyl (C=O) groups is 1. The monoisotopic (exact) mass is 571 g/mol. The Morgan fingerprint density at radius 1 is 0.833 bits per heavy atom. The molecule has 0 saturated heterocycles. The highest BCUT2D eigenvalue weighted by molar-refractivity contribution is 7.18. The van der Waals surface area contributed by atoms with Gasteiger partial charge in [0.25, 0.3) is 0 Å². The van der Waals surface area contributed by atoms with Crippen LogP contribution in [0.3, 0.4) is 0 Å². The van der Waals surface area contributed by atoms with Crippen molar-refractivity contribution in [1.29, 1.82) is 0 Å². The van der Waals surface area contributed by atoms with Gasteiger partial charge in [-0.2, -0.15) is 0 Å². The summed E-state index contributed by atoms with van der Waals surface area (Å²) < 4.78 is 9.02. The molecule has 0 bridgehead atoms. The number of pyridine rings is 1. The number of fused-ring (bicyclic) bond motifs is 1. The lowest BCUT2D eigenvalue weighted by Crippen LogP contribution is -2.15. The summed E-state index contributed by atoms with van der Waals surface area (Å²) in [4.78, 5) is 30.0. The first-order valence-corrected chi connectivity index (χ1v) is 14.5. The van der Waals surface area contributed by atoms with E-state index in [1.54, 1.807) is 17.5 Å². The van der Waals surface area contributed by atoms with E-state index in [-0.39, 0.29) is 17.8 Å². The van der Waals surface area contributed by atoms with Gasteiger partial charge in [0.15, 0.2) is 5.75 Å². The SMILES string of the molecule is Cc1c(OCc2ccccc2)c(=O)ccn1-c1ccc(CC(=O)Nc2ccc(Cc3nc4ccccc4s3)cc2)cc1. The highest BCUT2D eigenvalue weighted by Crippen LogP contribution is 2.24. The number of carbonyl (C=O) groups excluding carboxylic acids is 1. The minimum Gasteiger partial charge on any atom is -0.483 e. The molecule has 0 saturated carbocycles. The zero-order valence-electron chi connectivity index (χ0n) is 23.1. The lowest BCUT2D eigenvalue weighted by molar-refractivity contribution is -0.115. The fourth-order valence-corrected chi connectivity index (χ4v) is 5.85. The molecule has 2 heterocycles.